The van der Waals surface area contributed by atoms with E-state index in [1.54, 1.807) is 6.26 Å². The molecular weight excluding hydrogens is 230 g/mol. The molecule has 0 aliphatic rings. The van der Waals surface area contributed by atoms with Crippen LogP contribution >= 0.6 is 0 Å². The molecule has 0 aromatic heterocycles. The lowest BCUT2D eigenvalue weighted by Gasteiger charge is -2.17. The van der Waals surface area contributed by atoms with Gasteiger partial charge in [-0.1, -0.05) is 23.8 Å². The number of nitrogens with one attached hydrogen (secondary N) is 1. The zero-order valence-electron chi connectivity index (χ0n) is 11.2. The second-order valence-electron chi connectivity index (χ2n) is 4.67. The van der Waals surface area contributed by atoms with E-state index in [4.69, 9.17) is 0 Å². The van der Waals surface area contributed by atoms with Crippen LogP contribution in [0.4, 0.5) is 0 Å². The first-order valence-corrected chi connectivity index (χ1v) is 7.84. The highest BCUT2D eigenvalue weighted by Crippen LogP contribution is 2.18. The van der Waals surface area contributed by atoms with Gasteiger partial charge in [0.15, 0.2) is 0 Å². The maximum Gasteiger partial charge on any atom is 0.0294 e. The SMILES string of the molecule is Cc1ccc(C(C)NCCCS(C)=O)c(C)c1. The van der Waals surface area contributed by atoms with Crippen molar-refractivity contribution >= 4 is 10.8 Å². The minimum absolute atomic E-state index is 0.362. The first-order chi connectivity index (χ1) is 8.00. The summed E-state index contributed by atoms with van der Waals surface area (Å²) in [7, 11) is -0.672. The Labute approximate surface area is 107 Å². The van der Waals surface area contributed by atoms with Gasteiger partial charge in [0.2, 0.25) is 0 Å². The van der Waals surface area contributed by atoms with E-state index < -0.39 is 10.8 Å². The first-order valence-electron chi connectivity index (χ1n) is 6.11. The van der Waals surface area contributed by atoms with Crippen LogP contribution in [0.2, 0.25) is 0 Å². The van der Waals surface area contributed by atoms with Gasteiger partial charge in [0.25, 0.3) is 0 Å². The summed E-state index contributed by atoms with van der Waals surface area (Å²) in [6, 6.07) is 6.93. The molecule has 0 aliphatic heterocycles. The predicted molar refractivity (Wildman–Crippen MR) is 75.9 cm³/mol. The molecule has 1 aromatic carbocycles. The molecule has 1 N–H and O–H groups in total. The number of benzene rings is 1. The Bertz CT molecular complexity index is 390. The molecule has 2 nitrogen and oxygen atoms in total. The zero-order valence-corrected chi connectivity index (χ0v) is 12.1. The van der Waals surface area contributed by atoms with E-state index in [9.17, 15) is 4.21 Å². The molecule has 1 rings (SSSR count). The lowest BCUT2D eigenvalue weighted by molar-refractivity contribution is 0.568. The second kappa shape index (κ2) is 6.92. The molecule has 0 bridgehead atoms. The monoisotopic (exact) mass is 253 g/mol. The Kier molecular flexibility index (Phi) is 5.86. The van der Waals surface area contributed by atoms with Crippen molar-refractivity contribution in [2.45, 2.75) is 33.2 Å². The summed E-state index contributed by atoms with van der Waals surface area (Å²) in [6.45, 7) is 7.38. The van der Waals surface area contributed by atoms with E-state index in [2.05, 4.69) is 44.3 Å². The quantitative estimate of drug-likeness (QED) is 0.790. The summed E-state index contributed by atoms with van der Waals surface area (Å²) in [4.78, 5) is 0. The molecule has 2 unspecified atom stereocenters. The fourth-order valence-electron chi connectivity index (χ4n) is 2.02. The maximum absolute atomic E-state index is 10.9. The van der Waals surface area contributed by atoms with Crippen LogP contribution in [0.1, 0.15) is 36.1 Å². The van der Waals surface area contributed by atoms with Crippen LogP contribution in [0.3, 0.4) is 0 Å². The average molecular weight is 253 g/mol. The lowest BCUT2D eigenvalue weighted by Crippen LogP contribution is -2.21. The van der Waals surface area contributed by atoms with Crippen LogP contribution in [0, 0.1) is 13.8 Å². The van der Waals surface area contributed by atoms with Crippen molar-refractivity contribution in [3.63, 3.8) is 0 Å². The van der Waals surface area contributed by atoms with Crippen LogP contribution in [0.25, 0.3) is 0 Å². The maximum atomic E-state index is 10.9. The Morgan fingerprint density at radius 1 is 1.35 bits per heavy atom. The van der Waals surface area contributed by atoms with Crippen LogP contribution in [-0.4, -0.2) is 22.8 Å². The molecule has 0 amide bonds. The molecular formula is C14H23NOS. The summed E-state index contributed by atoms with van der Waals surface area (Å²) < 4.78 is 10.9. The van der Waals surface area contributed by atoms with Gasteiger partial charge in [-0.25, -0.2) is 0 Å². The van der Waals surface area contributed by atoms with Crippen LogP contribution < -0.4 is 5.32 Å². The Balaban J connectivity index is 2.46. The van der Waals surface area contributed by atoms with Crippen molar-refractivity contribution in [2.75, 3.05) is 18.6 Å². The molecule has 0 heterocycles. The van der Waals surface area contributed by atoms with Crippen molar-refractivity contribution in [3.05, 3.63) is 34.9 Å². The van der Waals surface area contributed by atoms with E-state index in [-0.39, 0.29) is 0 Å². The van der Waals surface area contributed by atoms with Gasteiger partial charge >= 0.3 is 0 Å². The third kappa shape index (κ3) is 5.00. The van der Waals surface area contributed by atoms with Gasteiger partial charge in [0.05, 0.1) is 0 Å². The first kappa shape index (κ1) is 14.4. The van der Waals surface area contributed by atoms with E-state index in [1.165, 1.54) is 16.7 Å². The van der Waals surface area contributed by atoms with Crippen molar-refractivity contribution in [2.24, 2.45) is 0 Å². The van der Waals surface area contributed by atoms with Gasteiger partial charge in [-0.2, -0.15) is 0 Å². The van der Waals surface area contributed by atoms with Crippen molar-refractivity contribution < 1.29 is 4.21 Å². The fraction of sp³-hybridized carbons (Fsp3) is 0.571. The minimum atomic E-state index is -0.672. The second-order valence-corrected chi connectivity index (χ2v) is 6.22. The molecule has 0 aliphatic carbocycles. The van der Waals surface area contributed by atoms with Gasteiger partial charge in [0.1, 0.15) is 0 Å². The van der Waals surface area contributed by atoms with Crippen molar-refractivity contribution in [3.8, 4) is 0 Å². The van der Waals surface area contributed by atoms with Gasteiger partial charge in [0, 0.05) is 28.9 Å². The number of rotatable bonds is 6. The largest absolute Gasteiger partial charge is 0.310 e. The molecule has 0 saturated heterocycles. The standard InChI is InChI=1S/C14H23NOS/c1-11-6-7-14(12(2)10-11)13(3)15-8-5-9-17(4)16/h6-7,10,13,15H,5,8-9H2,1-4H3. The van der Waals surface area contributed by atoms with Crippen molar-refractivity contribution in [1.29, 1.82) is 0 Å². The number of aryl methyl sites for hydroxylation is 2. The van der Waals surface area contributed by atoms with E-state index >= 15 is 0 Å². The van der Waals surface area contributed by atoms with Crippen LogP contribution in [-0.2, 0) is 10.8 Å². The van der Waals surface area contributed by atoms with Gasteiger partial charge in [-0.15, -0.1) is 0 Å². The highest BCUT2D eigenvalue weighted by atomic mass is 32.2. The van der Waals surface area contributed by atoms with Crippen molar-refractivity contribution in [1.82, 2.24) is 5.32 Å². The molecule has 0 spiro atoms. The lowest BCUT2D eigenvalue weighted by atomic mass is 10.0. The van der Waals surface area contributed by atoms with E-state index in [1.807, 2.05) is 0 Å². The Morgan fingerprint density at radius 3 is 2.65 bits per heavy atom. The highest BCUT2D eigenvalue weighted by molar-refractivity contribution is 7.84. The molecule has 0 radical (unpaired) electrons. The van der Waals surface area contributed by atoms with E-state index in [0.717, 1.165) is 18.7 Å². The highest BCUT2D eigenvalue weighted by Gasteiger charge is 2.07. The molecule has 96 valence electrons. The number of hydrogen-bond donors (Lipinski definition) is 1. The smallest absolute Gasteiger partial charge is 0.0294 e. The summed E-state index contributed by atoms with van der Waals surface area (Å²) in [5.74, 6) is 0.784. The molecule has 1 aromatic rings. The normalized spacial score (nSPS) is 14.6. The molecule has 17 heavy (non-hydrogen) atoms. The van der Waals surface area contributed by atoms with E-state index in [0.29, 0.717) is 6.04 Å². The van der Waals surface area contributed by atoms with Crippen LogP contribution in [0.15, 0.2) is 18.2 Å². The Morgan fingerprint density at radius 2 is 2.06 bits per heavy atom. The van der Waals surface area contributed by atoms with Gasteiger partial charge < -0.3 is 5.32 Å². The predicted octanol–water partition coefficient (Wildman–Crippen LogP) is 2.72. The van der Waals surface area contributed by atoms with Gasteiger partial charge in [-0.05, 0) is 44.9 Å². The average Bonchev–Trinajstić information content (AvgIpc) is 2.23. The molecule has 2 atom stereocenters. The zero-order chi connectivity index (χ0) is 12.8. The third-order valence-corrected chi connectivity index (χ3v) is 3.81. The molecule has 0 saturated carbocycles. The summed E-state index contributed by atoms with van der Waals surface area (Å²) >= 11 is 0. The molecule has 3 heteroatoms. The number of hydrogen-bond acceptors (Lipinski definition) is 2. The molecule has 0 fully saturated rings. The summed E-state index contributed by atoms with van der Waals surface area (Å²) in [5, 5.41) is 3.48. The van der Waals surface area contributed by atoms with Crippen LogP contribution in [0.5, 0.6) is 0 Å². The Hall–Kier alpha value is -0.670. The minimum Gasteiger partial charge on any atom is -0.310 e. The third-order valence-electron chi connectivity index (χ3n) is 2.95. The summed E-state index contributed by atoms with van der Waals surface area (Å²) in [6.07, 6.45) is 2.73. The van der Waals surface area contributed by atoms with Gasteiger partial charge in [-0.3, -0.25) is 4.21 Å². The topological polar surface area (TPSA) is 29.1 Å². The fourth-order valence-corrected chi connectivity index (χ4v) is 2.57. The summed E-state index contributed by atoms with van der Waals surface area (Å²) in [5.41, 5.74) is 4.00.